The number of anilines is 2. The van der Waals surface area contributed by atoms with Crippen LogP contribution in [0.15, 0.2) is 36.4 Å². The van der Waals surface area contributed by atoms with Crippen LogP contribution in [-0.2, 0) is 9.59 Å². The number of ether oxygens (including phenoxy) is 2. The number of methoxy groups -OCH3 is 2. The summed E-state index contributed by atoms with van der Waals surface area (Å²) in [6.45, 7) is 2.01. The molecule has 1 aliphatic rings. The molecule has 8 heteroatoms. The smallest absolute Gasteiger partial charge is 0.253 e. The predicted molar refractivity (Wildman–Crippen MR) is 113 cm³/mol. The molecule has 0 aromatic heterocycles. The van der Waals surface area contributed by atoms with Gasteiger partial charge in [0.05, 0.1) is 37.1 Å². The highest BCUT2D eigenvalue weighted by atomic mass is 16.5. The van der Waals surface area contributed by atoms with Crippen molar-refractivity contribution < 1.29 is 23.9 Å². The molecule has 1 saturated heterocycles. The standard InChI is InChI=1S/C22H25N3O5/c1-13-6-5-7-16(20(13)22(28)23-2)24-21(27)14-10-19(26)25(12-14)17-11-15(29-3)8-9-18(17)30-4/h5-9,11,14H,10,12H2,1-4H3,(H,23,28)(H,24,27). The summed E-state index contributed by atoms with van der Waals surface area (Å²) in [5.74, 6) is -0.242. The number of hydrogen-bond donors (Lipinski definition) is 2. The Morgan fingerprint density at radius 2 is 1.90 bits per heavy atom. The minimum absolute atomic E-state index is 0.0628. The van der Waals surface area contributed by atoms with E-state index in [-0.39, 0.29) is 30.7 Å². The van der Waals surface area contributed by atoms with Gasteiger partial charge in [-0.3, -0.25) is 14.4 Å². The topological polar surface area (TPSA) is 97.0 Å². The number of amides is 3. The highest BCUT2D eigenvalue weighted by Gasteiger charge is 2.37. The van der Waals surface area contributed by atoms with Crippen molar-refractivity contribution in [2.45, 2.75) is 13.3 Å². The predicted octanol–water partition coefficient (Wildman–Crippen LogP) is 2.36. The fourth-order valence-corrected chi connectivity index (χ4v) is 3.56. The van der Waals surface area contributed by atoms with Crippen molar-refractivity contribution in [2.75, 3.05) is 38.0 Å². The normalized spacial score (nSPS) is 15.7. The van der Waals surface area contributed by atoms with Crippen LogP contribution in [0.3, 0.4) is 0 Å². The van der Waals surface area contributed by atoms with Gasteiger partial charge in [-0.25, -0.2) is 0 Å². The molecule has 0 spiro atoms. The van der Waals surface area contributed by atoms with E-state index in [4.69, 9.17) is 9.47 Å². The number of aryl methyl sites for hydroxylation is 1. The van der Waals surface area contributed by atoms with E-state index in [1.54, 1.807) is 50.4 Å². The van der Waals surface area contributed by atoms with E-state index < -0.39 is 5.92 Å². The van der Waals surface area contributed by atoms with Crippen LogP contribution in [0.4, 0.5) is 11.4 Å². The third-order valence-electron chi connectivity index (χ3n) is 5.16. The van der Waals surface area contributed by atoms with Crippen LogP contribution in [0.1, 0.15) is 22.3 Å². The van der Waals surface area contributed by atoms with Gasteiger partial charge in [0.1, 0.15) is 11.5 Å². The number of benzene rings is 2. The van der Waals surface area contributed by atoms with Crippen molar-refractivity contribution in [1.82, 2.24) is 5.32 Å². The van der Waals surface area contributed by atoms with Gasteiger partial charge in [0.2, 0.25) is 11.8 Å². The third kappa shape index (κ3) is 4.07. The minimum Gasteiger partial charge on any atom is -0.497 e. The zero-order valence-electron chi connectivity index (χ0n) is 17.4. The van der Waals surface area contributed by atoms with Gasteiger partial charge in [0.15, 0.2) is 0 Å². The SMILES string of the molecule is CNC(=O)c1c(C)cccc1NC(=O)C1CC(=O)N(c2cc(OC)ccc2OC)C1. The largest absolute Gasteiger partial charge is 0.497 e. The van der Waals surface area contributed by atoms with Gasteiger partial charge in [0.25, 0.3) is 5.91 Å². The van der Waals surface area contributed by atoms with Gasteiger partial charge in [0, 0.05) is 26.1 Å². The first-order valence-electron chi connectivity index (χ1n) is 9.54. The number of rotatable bonds is 6. The Labute approximate surface area is 175 Å². The van der Waals surface area contributed by atoms with Crippen LogP contribution in [-0.4, -0.2) is 45.5 Å². The summed E-state index contributed by atoms with van der Waals surface area (Å²) in [7, 11) is 4.60. The van der Waals surface area contributed by atoms with Crippen molar-refractivity contribution in [3.63, 3.8) is 0 Å². The molecule has 2 N–H and O–H groups in total. The second-order valence-electron chi connectivity index (χ2n) is 7.01. The van der Waals surface area contributed by atoms with Gasteiger partial charge in [-0.15, -0.1) is 0 Å². The van der Waals surface area contributed by atoms with Gasteiger partial charge < -0.3 is 25.0 Å². The number of hydrogen-bond acceptors (Lipinski definition) is 5. The molecule has 3 rings (SSSR count). The molecule has 0 aliphatic carbocycles. The lowest BCUT2D eigenvalue weighted by Crippen LogP contribution is -2.29. The van der Waals surface area contributed by atoms with Crippen LogP contribution in [0, 0.1) is 12.8 Å². The summed E-state index contributed by atoms with van der Waals surface area (Å²) >= 11 is 0. The second-order valence-corrected chi connectivity index (χ2v) is 7.01. The van der Waals surface area contributed by atoms with Gasteiger partial charge in [-0.1, -0.05) is 12.1 Å². The van der Waals surface area contributed by atoms with Crippen LogP contribution in [0.25, 0.3) is 0 Å². The molecule has 1 atom stereocenters. The Balaban J connectivity index is 1.82. The number of carbonyl (C=O) groups excluding carboxylic acids is 3. The summed E-state index contributed by atoms with van der Waals surface area (Å²) in [6.07, 6.45) is 0.0628. The first-order chi connectivity index (χ1) is 14.4. The molecule has 1 aliphatic heterocycles. The van der Waals surface area contributed by atoms with E-state index in [0.717, 1.165) is 5.56 Å². The molecule has 8 nitrogen and oxygen atoms in total. The molecule has 30 heavy (non-hydrogen) atoms. The maximum Gasteiger partial charge on any atom is 0.253 e. The Morgan fingerprint density at radius 3 is 2.57 bits per heavy atom. The van der Waals surface area contributed by atoms with E-state index >= 15 is 0 Å². The fraction of sp³-hybridized carbons (Fsp3) is 0.318. The fourth-order valence-electron chi connectivity index (χ4n) is 3.56. The highest BCUT2D eigenvalue weighted by Crippen LogP contribution is 2.36. The van der Waals surface area contributed by atoms with E-state index in [9.17, 15) is 14.4 Å². The molecule has 1 unspecified atom stereocenters. The van der Waals surface area contributed by atoms with Crippen molar-refractivity contribution in [3.05, 3.63) is 47.5 Å². The van der Waals surface area contributed by atoms with Gasteiger partial charge in [-0.2, -0.15) is 0 Å². The van der Waals surface area contributed by atoms with E-state index in [2.05, 4.69) is 10.6 Å². The molecular formula is C22H25N3O5. The molecule has 2 aromatic carbocycles. The Bertz CT molecular complexity index is 989. The summed E-state index contributed by atoms with van der Waals surface area (Å²) in [5, 5.41) is 5.40. The molecule has 0 bridgehead atoms. The monoisotopic (exact) mass is 411 g/mol. The van der Waals surface area contributed by atoms with Gasteiger partial charge >= 0.3 is 0 Å². The van der Waals surface area contributed by atoms with Crippen LogP contribution in [0.2, 0.25) is 0 Å². The van der Waals surface area contributed by atoms with E-state index in [1.165, 1.54) is 19.1 Å². The van der Waals surface area contributed by atoms with Crippen molar-refractivity contribution in [3.8, 4) is 11.5 Å². The van der Waals surface area contributed by atoms with Gasteiger partial charge in [-0.05, 0) is 30.7 Å². The van der Waals surface area contributed by atoms with Crippen molar-refractivity contribution in [2.24, 2.45) is 5.92 Å². The first kappa shape index (κ1) is 21.2. The average Bonchev–Trinajstić information content (AvgIpc) is 3.14. The summed E-state index contributed by atoms with van der Waals surface area (Å²) < 4.78 is 10.6. The third-order valence-corrected chi connectivity index (χ3v) is 5.16. The zero-order chi connectivity index (χ0) is 21.8. The molecule has 1 fully saturated rings. The zero-order valence-corrected chi connectivity index (χ0v) is 17.4. The van der Waals surface area contributed by atoms with E-state index in [1.807, 2.05) is 0 Å². The molecular weight excluding hydrogens is 386 g/mol. The lowest BCUT2D eigenvalue weighted by atomic mass is 10.0. The molecule has 2 aromatic rings. The van der Waals surface area contributed by atoms with Crippen LogP contribution in [0.5, 0.6) is 11.5 Å². The van der Waals surface area contributed by atoms with Crippen molar-refractivity contribution in [1.29, 1.82) is 0 Å². The molecule has 0 radical (unpaired) electrons. The minimum atomic E-state index is -0.563. The van der Waals surface area contributed by atoms with Crippen LogP contribution < -0.4 is 25.0 Å². The highest BCUT2D eigenvalue weighted by molar-refractivity contribution is 6.08. The maximum atomic E-state index is 12.9. The lowest BCUT2D eigenvalue weighted by molar-refractivity contribution is -0.122. The number of nitrogens with zero attached hydrogens (tertiary/aromatic N) is 1. The number of nitrogens with one attached hydrogen (secondary N) is 2. The number of carbonyl (C=O) groups is 3. The summed E-state index contributed by atoms with van der Waals surface area (Å²) in [4.78, 5) is 39.3. The Hall–Kier alpha value is -3.55. The summed E-state index contributed by atoms with van der Waals surface area (Å²) in [5.41, 5.74) is 2.13. The summed E-state index contributed by atoms with van der Waals surface area (Å²) in [6, 6.07) is 10.4. The lowest BCUT2D eigenvalue weighted by Gasteiger charge is -2.20. The molecule has 0 saturated carbocycles. The molecule has 3 amide bonds. The Morgan fingerprint density at radius 1 is 1.13 bits per heavy atom. The molecule has 158 valence electrons. The second kappa shape index (κ2) is 8.86. The van der Waals surface area contributed by atoms with Crippen molar-refractivity contribution >= 4 is 29.1 Å². The quantitative estimate of drug-likeness (QED) is 0.761. The average molecular weight is 411 g/mol. The van der Waals surface area contributed by atoms with E-state index in [0.29, 0.717) is 28.4 Å². The maximum absolute atomic E-state index is 12.9. The first-order valence-corrected chi connectivity index (χ1v) is 9.54. The Kier molecular flexibility index (Phi) is 6.25. The molecule has 1 heterocycles. The van der Waals surface area contributed by atoms with Crippen LogP contribution >= 0.6 is 0 Å².